The molecule has 0 saturated heterocycles. The van der Waals surface area contributed by atoms with Crippen LogP contribution in [0.5, 0.6) is 0 Å². The third kappa shape index (κ3) is 5.18. The Morgan fingerprint density at radius 2 is 1.44 bits per heavy atom. The second-order valence-electron chi connectivity index (χ2n) is 6.70. The highest BCUT2D eigenvalue weighted by atomic mass is 16.2. The van der Waals surface area contributed by atoms with E-state index in [0.717, 1.165) is 5.56 Å². The first-order valence-corrected chi connectivity index (χ1v) is 8.61. The number of carbonyl (C=O) groups excluding carboxylic acids is 2. The summed E-state index contributed by atoms with van der Waals surface area (Å²) in [6.07, 6.45) is 0. The highest BCUT2D eigenvalue weighted by molar-refractivity contribution is 5.97. The molecule has 2 amide bonds. The van der Waals surface area contributed by atoms with Crippen molar-refractivity contribution >= 4 is 11.8 Å². The summed E-state index contributed by atoms with van der Waals surface area (Å²) in [4.78, 5) is 25.0. The summed E-state index contributed by atoms with van der Waals surface area (Å²) < 4.78 is 0. The minimum Gasteiger partial charge on any atom is -0.348 e. The van der Waals surface area contributed by atoms with Crippen molar-refractivity contribution in [2.24, 2.45) is 5.92 Å². The summed E-state index contributed by atoms with van der Waals surface area (Å²) in [6.45, 7) is 7.82. The lowest BCUT2D eigenvalue weighted by atomic mass is 10.0. The van der Waals surface area contributed by atoms with E-state index in [1.807, 2.05) is 58.0 Å². The first kappa shape index (κ1) is 18.7. The fourth-order valence-corrected chi connectivity index (χ4v) is 2.59. The quantitative estimate of drug-likeness (QED) is 0.845. The van der Waals surface area contributed by atoms with Gasteiger partial charge in [-0.05, 0) is 37.5 Å². The third-order valence-electron chi connectivity index (χ3n) is 4.21. The molecule has 0 heterocycles. The highest BCUT2D eigenvalue weighted by Crippen LogP contribution is 2.14. The van der Waals surface area contributed by atoms with Gasteiger partial charge in [0.05, 0.1) is 6.04 Å². The summed E-state index contributed by atoms with van der Waals surface area (Å²) in [5.41, 5.74) is 2.76. The molecular formula is C21H26N2O2. The molecule has 0 aromatic heterocycles. The van der Waals surface area contributed by atoms with Gasteiger partial charge in [0, 0.05) is 5.56 Å². The number of nitrogens with one attached hydrogen (secondary N) is 2. The summed E-state index contributed by atoms with van der Waals surface area (Å²) in [6, 6.07) is 16.3. The zero-order valence-corrected chi connectivity index (χ0v) is 15.2. The number of amides is 2. The van der Waals surface area contributed by atoms with Crippen LogP contribution in [0, 0.1) is 12.8 Å². The number of carbonyl (C=O) groups is 2. The zero-order valence-electron chi connectivity index (χ0n) is 15.2. The van der Waals surface area contributed by atoms with Crippen LogP contribution in [0.1, 0.15) is 48.3 Å². The number of rotatable bonds is 6. The number of benzene rings is 2. The first-order valence-electron chi connectivity index (χ1n) is 8.61. The second-order valence-corrected chi connectivity index (χ2v) is 6.70. The molecule has 2 atom stereocenters. The highest BCUT2D eigenvalue weighted by Gasteiger charge is 2.25. The van der Waals surface area contributed by atoms with Crippen molar-refractivity contribution in [1.82, 2.24) is 10.6 Å². The summed E-state index contributed by atoms with van der Waals surface area (Å²) in [5.74, 6) is -0.428. The summed E-state index contributed by atoms with van der Waals surface area (Å²) >= 11 is 0. The monoisotopic (exact) mass is 338 g/mol. The van der Waals surface area contributed by atoms with Crippen LogP contribution in [0.15, 0.2) is 54.6 Å². The van der Waals surface area contributed by atoms with Gasteiger partial charge in [0.1, 0.15) is 6.04 Å². The maximum absolute atomic E-state index is 12.7. The van der Waals surface area contributed by atoms with Crippen molar-refractivity contribution in [3.8, 4) is 0 Å². The molecule has 132 valence electrons. The standard InChI is InChI=1S/C21H26N2O2/c1-14(2)19(23-20(24)18-8-6-5-7-9-18)21(25)22-16(4)17-12-10-15(3)11-13-17/h5-14,16,19H,1-4H3,(H,22,25)(H,23,24)/t16-,19-/m0/s1. The minimum atomic E-state index is -0.583. The summed E-state index contributed by atoms with van der Waals surface area (Å²) in [5, 5.41) is 5.85. The van der Waals surface area contributed by atoms with Crippen molar-refractivity contribution in [1.29, 1.82) is 0 Å². The van der Waals surface area contributed by atoms with Gasteiger partial charge in [-0.15, -0.1) is 0 Å². The molecule has 2 rings (SSSR count). The molecule has 0 fully saturated rings. The molecular weight excluding hydrogens is 312 g/mol. The Morgan fingerprint density at radius 1 is 0.840 bits per heavy atom. The normalized spacial score (nSPS) is 13.2. The van der Waals surface area contributed by atoms with E-state index < -0.39 is 6.04 Å². The van der Waals surface area contributed by atoms with Crippen LogP contribution in [0.4, 0.5) is 0 Å². The predicted molar refractivity (Wildman–Crippen MR) is 100 cm³/mol. The van der Waals surface area contributed by atoms with Crippen LogP contribution in [0.3, 0.4) is 0 Å². The molecule has 0 aliphatic rings. The molecule has 0 unspecified atom stereocenters. The molecule has 2 aromatic carbocycles. The van der Waals surface area contributed by atoms with E-state index in [4.69, 9.17) is 0 Å². The fraction of sp³-hybridized carbons (Fsp3) is 0.333. The van der Waals surface area contributed by atoms with E-state index in [1.165, 1.54) is 5.56 Å². The lowest BCUT2D eigenvalue weighted by Crippen LogP contribution is -2.50. The second kappa shape index (κ2) is 8.47. The van der Waals surface area contributed by atoms with Crippen molar-refractivity contribution in [2.45, 2.75) is 39.8 Å². The van der Waals surface area contributed by atoms with Crippen molar-refractivity contribution < 1.29 is 9.59 Å². The van der Waals surface area contributed by atoms with Gasteiger partial charge < -0.3 is 10.6 Å². The Balaban J connectivity index is 2.05. The molecule has 0 spiro atoms. The zero-order chi connectivity index (χ0) is 18.4. The lowest BCUT2D eigenvalue weighted by Gasteiger charge is -2.24. The van der Waals surface area contributed by atoms with Crippen molar-refractivity contribution in [2.75, 3.05) is 0 Å². The van der Waals surface area contributed by atoms with Crippen LogP contribution in [0.25, 0.3) is 0 Å². The van der Waals surface area contributed by atoms with E-state index in [-0.39, 0.29) is 23.8 Å². The van der Waals surface area contributed by atoms with Crippen LogP contribution in [-0.4, -0.2) is 17.9 Å². The maximum Gasteiger partial charge on any atom is 0.251 e. The maximum atomic E-state index is 12.7. The molecule has 4 nitrogen and oxygen atoms in total. The molecule has 0 saturated carbocycles. The molecule has 0 bridgehead atoms. The Bertz CT molecular complexity index is 708. The van der Waals surface area contributed by atoms with Gasteiger partial charge in [-0.3, -0.25) is 9.59 Å². The molecule has 2 aromatic rings. The molecule has 4 heteroatoms. The first-order chi connectivity index (χ1) is 11.9. The van der Waals surface area contributed by atoms with Crippen LogP contribution >= 0.6 is 0 Å². The van der Waals surface area contributed by atoms with Gasteiger partial charge in [0.15, 0.2) is 0 Å². The van der Waals surface area contributed by atoms with Crippen LogP contribution in [-0.2, 0) is 4.79 Å². The van der Waals surface area contributed by atoms with E-state index in [2.05, 4.69) is 10.6 Å². The van der Waals surface area contributed by atoms with Gasteiger partial charge in [-0.25, -0.2) is 0 Å². The molecule has 0 radical (unpaired) electrons. The molecule has 2 N–H and O–H groups in total. The van der Waals surface area contributed by atoms with Crippen LogP contribution < -0.4 is 10.6 Å². The minimum absolute atomic E-state index is 0.0159. The van der Waals surface area contributed by atoms with E-state index in [9.17, 15) is 9.59 Å². The van der Waals surface area contributed by atoms with E-state index in [1.54, 1.807) is 24.3 Å². The van der Waals surface area contributed by atoms with Crippen LogP contribution in [0.2, 0.25) is 0 Å². The average molecular weight is 338 g/mol. The molecule has 25 heavy (non-hydrogen) atoms. The lowest BCUT2D eigenvalue weighted by molar-refractivity contribution is -0.124. The number of aryl methyl sites for hydroxylation is 1. The topological polar surface area (TPSA) is 58.2 Å². The van der Waals surface area contributed by atoms with Gasteiger partial charge in [-0.1, -0.05) is 61.9 Å². The van der Waals surface area contributed by atoms with Gasteiger partial charge in [0.2, 0.25) is 5.91 Å². The van der Waals surface area contributed by atoms with E-state index in [0.29, 0.717) is 5.56 Å². The smallest absolute Gasteiger partial charge is 0.251 e. The summed E-state index contributed by atoms with van der Waals surface area (Å²) in [7, 11) is 0. The van der Waals surface area contributed by atoms with E-state index >= 15 is 0 Å². The molecule has 0 aliphatic carbocycles. The Labute approximate surface area is 149 Å². The Morgan fingerprint density at radius 3 is 2.00 bits per heavy atom. The SMILES string of the molecule is Cc1ccc([C@H](C)NC(=O)[C@@H](NC(=O)c2ccccc2)C(C)C)cc1. The average Bonchev–Trinajstić information content (AvgIpc) is 2.60. The predicted octanol–water partition coefficient (Wildman–Crippen LogP) is 3.63. The fourth-order valence-electron chi connectivity index (χ4n) is 2.59. The number of hydrogen-bond acceptors (Lipinski definition) is 2. The largest absolute Gasteiger partial charge is 0.348 e. The van der Waals surface area contributed by atoms with Gasteiger partial charge >= 0.3 is 0 Å². The Kier molecular flexibility index (Phi) is 6.34. The molecule has 0 aliphatic heterocycles. The van der Waals surface area contributed by atoms with Gasteiger partial charge in [-0.2, -0.15) is 0 Å². The van der Waals surface area contributed by atoms with Crippen molar-refractivity contribution in [3.63, 3.8) is 0 Å². The third-order valence-corrected chi connectivity index (χ3v) is 4.21. The number of hydrogen-bond donors (Lipinski definition) is 2. The van der Waals surface area contributed by atoms with Crippen molar-refractivity contribution in [3.05, 3.63) is 71.3 Å². The van der Waals surface area contributed by atoms with Gasteiger partial charge in [0.25, 0.3) is 5.91 Å². The Hall–Kier alpha value is -2.62.